The van der Waals surface area contributed by atoms with Gasteiger partial charge >= 0.3 is 0 Å². The molecule has 0 saturated heterocycles. The zero-order chi connectivity index (χ0) is 6.78. The lowest BCUT2D eigenvalue weighted by Crippen LogP contribution is -2.12. The highest BCUT2D eigenvalue weighted by Gasteiger charge is 2.24. The van der Waals surface area contributed by atoms with Crippen molar-refractivity contribution in [2.45, 2.75) is 18.9 Å². The van der Waals surface area contributed by atoms with E-state index in [0.29, 0.717) is 0 Å². The molecule has 0 aliphatic carbocycles. The molecular weight excluding hydrogens is 159 g/mol. The van der Waals surface area contributed by atoms with E-state index in [1.807, 2.05) is 13.8 Å². The van der Waals surface area contributed by atoms with E-state index in [1.54, 1.807) is 6.08 Å². The van der Waals surface area contributed by atoms with E-state index in [9.17, 15) is 0 Å². The van der Waals surface area contributed by atoms with Crippen molar-refractivity contribution < 1.29 is 0 Å². The van der Waals surface area contributed by atoms with Crippen LogP contribution in [-0.2, 0) is 0 Å². The molecule has 0 aromatic rings. The lowest BCUT2D eigenvalue weighted by molar-refractivity contribution is 0.855. The van der Waals surface area contributed by atoms with Crippen molar-refractivity contribution in [3.05, 3.63) is 12.7 Å². The van der Waals surface area contributed by atoms with Crippen LogP contribution in [0.1, 0.15) is 13.8 Å². The fraction of sp³-hybridized carbons (Fsp3) is 0.600. The van der Waals surface area contributed by atoms with Gasteiger partial charge in [0.15, 0.2) is 0 Å². The Balaban J connectivity index is 3.90. The van der Waals surface area contributed by atoms with Gasteiger partial charge in [0.05, 0.1) is 0 Å². The van der Waals surface area contributed by atoms with E-state index in [1.165, 1.54) is 0 Å². The van der Waals surface area contributed by atoms with Crippen molar-refractivity contribution in [2.24, 2.45) is 0 Å². The summed E-state index contributed by atoms with van der Waals surface area (Å²) in [4.78, 5) is 0. The van der Waals surface area contributed by atoms with Crippen LogP contribution in [0.5, 0.6) is 0 Å². The minimum absolute atomic E-state index is 0.0617. The maximum Gasteiger partial charge on any atom is 0.283 e. The maximum absolute atomic E-state index is 5.67. The Labute approximate surface area is 61.5 Å². The first-order valence-electron chi connectivity index (χ1n) is 2.32. The Morgan fingerprint density at radius 3 is 1.88 bits per heavy atom. The highest BCUT2D eigenvalue weighted by molar-refractivity contribution is 7.35. The van der Waals surface area contributed by atoms with E-state index >= 15 is 0 Å². The molecule has 0 spiro atoms. The third-order valence-corrected chi connectivity index (χ3v) is 5.10. The average molecular weight is 168 g/mol. The summed E-state index contributed by atoms with van der Waals surface area (Å²) in [6.45, 7) is 7.57. The second kappa shape index (κ2) is 2.90. The summed E-state index contributed by atoms with van der Waals surface area (Å²) in [5, 5.41) is -0.0617. The Hall–Kier alpha value is 0.537. The normalized spacial score (nSPS) is 12.1. The number of allylic oxidation sites excluding steroid dienone is 1. The quantitative estimate of drug-likeness (QED) is 0.338. The highest BCUT2D eigenvalue weighted by atomic mass is 35.7. The van der Waals surface area contributed by atoms with Gasteiger partial charge in [-0.1, -0.05) is 19.9 Å². The lowest BCUT2D eigenvalue weighted by atomic mass is 10.2. The van der Waals surface area contributed by atoms with Crippen LogP contribution in [-0.4, -0.2) is 7.42 Å². The first kappa shape index (κ1) is 8.54. The number of rotatable bonds is 2. The molecule has 0 nitrogen and oxygen atoms in total. The van der Waals surface area contributed by atoms with Gasteiger partial charge in [0.1, 0.15) is 0 Å². The topological polar surface area (TPSA) is 0 Å². The molecule has 0 rings (SSSR count). The van der Waals surface area contributed by atoms with Crippen molar-refractivity contribution in [2.75, 3.05) is 0 Å². The predicted octanol–water partition coefficient (Wildman–Crippen LogP) is 2.92. The summed E-state index contributed by atoms with van der Waals surface area (Å²) < 4.78 is 0. The van der Waals surface area contributed by atoms with E-state index in [2.05, 4.69) is 6.58 Å². The highest BCUT2D eigenvalue weighted by Crippen LogP contribution is 2.33. The molecule has 0 atom stereocenters. The lowest BCUT2D eigenvalue weighted by Gasteiger charge is -2.17. The zero-order valence-corrected chi connectivity index (χ0v) is 7.55. The summed E-state index contributed by atoms with van der Waals surface area (Å²) in [5.74, 6) is 0. The number of hydrogen-bond donors (Lipinski definition) is 0. The summed E-state index contributed by atoms with van der Waals surface area (Å²) in [5.41, 5.74) is 0. The maximum atomic E-state index is 5.67. The second-order valence-electron chi connectivity index (χ2n) is 2.19. The van der Waals surface area contributed by atoms with Crippen molar-refractivity contribution in [1.82, 2.24) is 0 Å². The van der Waals surface area contributed by atoms with Gasteiger partial charge in [-0.25, -0.2) is 0 Å². The molecular formula is C5H9Cl2Si. The summed E-state index contributed by atoms with van der Waals surface area (Å²) in [6.07, 6.45) is 1.79. The molecule has 0 aromatic carbocycles. The standard InChI is InChI=1S/C5H9Cl2Si/c1-4-5(2,3)8(6)7/h4H,1H2,2-3H3. The molecule has 0 aromatic heterocycles. The van der Waals surface area contributed by atoms with Crippen molar-refractivity contribution in [3.8, 4) is 0 Å². The summed E-state index contributed by atoms with van der Waals surface area (Å²) in [6, 6.07) is 0. The molecule has 47 valence electrons. The molecule has 0 saturated carbocycles. The molecule has 0 amide bonds. The molecule has 0 heterocycles. The van der Waals surface area contributed by atoms with Crippen LogP contribution < -0.4 is 0 Å². The fourth-order valence-electron chi connectivity index (χ4n) is 0.0772. The molecule has 0 bridgehead atoms. The van der Waals surface area contributed by atoms with E-state index < -0.39 is 7.42 Å². The van der Waals surface area contributed by atoms with Crippen LogP contribution in [0.3, 0.4) is 0 Å². The van der Waals surface area contributed by atoms with Gasteiger partial charge in [-0.05, 0) is 0 Å². The van der Waals surface area contributed by atoms with Gasteiger partial charge in [-0.15, -0.1) is 28.7 Å². The van der Waals surface area contributed by atoms with Crippen LogP contribution in [0.2, 0.25) is 5.04 Å². The van der Waals surface area contributed by atoms with E-state index in [4.69, 9.17) is 22.2 Å². The van der Waals surface area contributed by atoms with Crippen LogP contribution in [0.4, 0.5) is 0 Å². The Morgan fingerprint density at radius 2 is 1.88 bits per heavy atom. The Morgan fingerprint density at radius 1 is 1.50 bits per heavy atom. The fourth-order valence-corrected chi connectivity index (χ4v) is 0.694. The van der Waals surface area contributed by atoms with Gasteiger partial charge in [0.25, 0.3) is 7.42 Å². The largest absolute Gasteiger partial charge is 0.283 e. The minimum atomic E-state index is -1.24. The average Bonchev–Trinajstić information content (AvgIpc) is 1.67. The molecule has 8 heavy (non-hydrogen) atoms. The van der Waals surface area contributed by atoms with Gasteiger partial charge in [0, 0.05) is 5.04 Å². The monoisotopic (exact) mass is 167 g/mol. The molecule has 0 aliphatic rings. The second-order valence-corrected chi connectivity index (χ2v) is 6.84. The van der Waals surface area contributed by atoms with Gasteiger partial charge in [-0.2, -0.15) is 0 Å². The Bertz CT molecular complexity index is 88.4. The number of hydrogen-bond acceptors (Lipinski definition) is 0. The van der Waals surface area contributed by atoms with Crippen LogP contribution in [0, 0.1) is 0 Å². The molecule has 0 aliphatic heterocycles. The molecule has 0 unspecified atom stereocenters. The molecule has 1 radical (unpaired) electrons. The van der Waals surface area contributed by atoms with Crippen LogP contribution >= 0.6 is 22.2 Å². The smallest absolute Gasteiger partial charge is 0.146 e. The van der Waals surface area contributed by atoms with Crippen molar-refractivity contribution in [3.63, 3.8) is 0 Å². The van der Waals surface area contributed by atoms with E-state index in [0.717, 1.165) is 0 Å². The Kier molecular flexibility index (Phi) is 3.10. The number of halogens is 2. The van der Waals surface area contributed by atoms with Gasteiger partial charge in [0.2, 0.25) is 0 Å². The van der Waals surface area contributed by atoms with Crippen molar-refractivity contribution in [1.29, 1.82) is 0 Å². The zero-order valence-electron chi connectivity index (χ0n) is 5.04. The molecule has 3 heteroatoms. The summed E-state index contributed by atoms with van der Waals surface area (Å²) >= 11 is 11.3. The molecule has 0 N–H and O–H groups in total. The summed E-state index contributed by atoms with van der Waals surface area (Å²) in [7, 11) is -1.24. The predicted molar refractivity (Wildman–Crippen MR) is 41.7 cm³/mol. The van der Waals surface area contributed by atoms with Gasteiger partial charge < -0.3 is 0 Å². The van der Waals surface area contributed by atoms with Crippen molar-refractivity contribution >= 4 is 29.6 Å². The third-order valence-electron chi connectivity index (χ3n) is 0.997. The molecule has 0 fully saturated rings. The van der Waals surface area contributed by atoms with Crippen LogP contribution in [0.15, 0.2) is 12.7 Å². The van der Waals surface area contributed by atoms with E-state index in [-0.39, 0.29) is 5.04 Å². The SMILES string of the molecule is C=CC(C)(C)[Si](Cl)Cl. The minimum Gasteiger partial charge on any atom is -0.146 e. The first-order valence-corrected chi connectivity index (χ1v) is 5.85. The first-order chi connectivity index (χ1) is 3.50. The van der Waals surface area contributed by atoms with Crippen LogP contribution in [0.25, 0.3) is 0 Å². The van der Waals surface area contributed by atoms with Gasteiger partial charge in [-0.3, -0.25) is 0 Å². The third kappa shape index (κ3) is 2.20.